The summed E-state index contributed by atoms with van der Waals surface area (Å²) in [5.41, 5.74) is 4.93. The average molecular weight is 398 g/mol. The standard InChI is InChI=1S/C15H21ClN4O2.2ClH/c1-15(2,17)14(22)20-7-3-4-10(9-20)13(21)19-12-6-5-11(16)8-18-12;;/h5-6,8,10H,3-4,7,9,17H2,1-2H3,(H,18,19,21);2*1H. The summed E-state index contributed by atoms with van der Waals surface area (Å²) in [6.45, 7) is 4.38. The highest BCUT2D eigenvalue weighted by molar-refractivity contribution is 6.30. The summed E-state index contributed by atoms with van der Waals surface area (Å²) >= 11 is 5.76. The summed E-state index contributed by atoms with van der Waals surface area (Å²) in [4.78, 5) is 30.3. The zero-order chi connectivity index (χ0) is 16.3. The van der Waals surface area contributed by atoms with E-state index in [9.17, 15) is 9.59 Å². The fourth-order valence-corrected chi connectivity index (χ4v) is 2.57. The van der Waals surface area contributed by atoms with Crippen molar-refractivity contribution in [2.45, 2.75) is 32.2 Å². The van der Waals surface area contributed by atoms with Crippen molar-refractivity contribution in [3.05, 3.63) is 23.4 Å². The number of amides is 2. The molecule has 9 heteroatoms. The number of hydrogen-bond acceptors (Lipinski definition) is 4. The third-order valence-corrected chi connectivity index (χ3v) is 3.83. The second kappa shape index (κ2) is 9.42. The van der Waals surface area contributed by atoms with Gasteiger partial charge in [-0.25, -0.2) is 4.98 Å². The van der Waals surface area contributed by atoms with Gasteiger partial charge in [0.05, 0.1) is 16.5 Å². The van der Waals surface area contributed by atoms with E-state index in [4.69, 9.17) is 17.3 Å². The minimum atomic E-state index is -0.921. The number of likely N-dealkylation sites (tertiary alicyclic amines) is 1. The Hall–Kier alpha value is -1.08. The maximum atomic E-state index is 12.3. The molecule has 0 aromatic carbocycles. The third-order valence-electron chi connectivity index (χ3n) is 3.61. The van der Waals surface area contributed by atoms with Crippen LogP contribution in [0, 0.1) is 5.92 Å². The van der Waals surface area contributed by atoms with Crippen LogP contribution in [-0.4, -0.2) is 40.3 Å². The molecule has 1 unspecified atom stereocenters. The summed E-state index contributed by atoms with van der Waals surface area (Å²) in [7, 11) is 0. The zero-order valence-electron chi connectivity index (χ0n) is 13.6. The molecule has 1 aliphatic rings. The number of halogens is 3. The summed E-state index contributed by atoms with van der Waals surface area (Å²) in [5, 5.41) is 3.27. The lowest BCUT2D eigenvalue weighted by atomic mass is 9.95. The summed E-state index contributed by atoms with van der Waals surface area (Å²) in [6, 6.07) is 3.31. The minimum absolute atomic E-state index is 0. The topological polar surface area (TPSA) is 88.3 Å². The number of carbonyl (C=O) groups excluding carboxylic acids is 2. The molecule has 1 fully saturated rings. The van der Waals surface area contributed by atoms with Crippen molar-refractivity contribution in [3.63, 3.8) is 0 Å². The number of rotatable bonds is 3. The second-order valence-electron chi connectivity index (χ2n) is 6.16. The van der Waals surface area contributed by atoms with Gasteiger partial charge in [0.15, 0.2) is 0 Å². The van der Waals surface area contributed by atoms with Crippen LogP contribution >= 0.6 is 36.4 Å². The Bertz CT molecular complexity index is 561. The molecular formula is C15H23Cl3N4O2. The monoisotopic (exact) mass is 396 g/mol. The molecule has 0 bridgehead atoms. The van der Waals surface area contributed by atoms with Gasteiger partial charge in [-0.2, -0.15) is 0 Å². The number of aromatic nitrogens is 1. The largest absolute Gasteiger partial charge is 0.340 e. The summed E-state index contributed by atoms with van der Waals surface area (Å²) in [5.74, 6) is -0.0636. The van der Waals surface area contributed by atoms with Crippen LogP contribution in [0.25, 0.3) is 0 Å². The first kappa shape index (κ1) is 22.9. The van der Waals surface area contributed by atoms with Crippen molar-refractivity contribution in [1.29, 1.82) is 0 Å². The molecule has 1 atom stereocenters. The van der Waals surface area contributed by atoms with Gasteiger partial charge in [0.2, 0.25) is 11.8 Å². The van der Waals surface area contributed by atoms with Gasteiger partial charge in [-0.1, -0.05) is 11.6 Å². The van der Waals surface area contributed by atoms with Gasteiger partial charge >= 0.3 is 0 Å². The molecule has 0 radical (unpaired) electrons. The Kier molecular flexibility index (Phi) is 8.99. The minimum Gasteiger partial charge on any atom is -0.340 e. The molecule has 1 aliphatic heterocycles. The molecule has 6 nitrogen and oxygen atoms in total. The Morgan fingerprint density at radius 2 is 2.04 bits per heavy atom. The van der Waals surface area contributed by atoms with Gasteiger partial charge in [0.1, 0.15) is 5.82 Å². The highest BCUT2D eigenvalue weighted by Gasteiger charge is 2.33. The normalized spacial score (nSPS) is 17.3. The number of anilines is 1. The molecule has 2 amide bonds. The van der Waals surface area contributed by atoms with Crippen molar-refractivity contribution in [3.8, 4) is 0 Å². The number of nitrogens with two attached hydrogens (primary N) is 1. The van der Waals surface area contributed by atoms with E-state index in [1.807, 2.05) is 0 Å². The number of piperidine rings is 1. The zero-order valence-corrected chi connectivity index (χ0v) is 16.0. The molecule has 3 N–H and O–H groups in total. The van der Waals surface area contributed by atoms with E-state index in [1.54, 1.807) is 30.9 Å². The van der Waals surface area contributed by atoms with Gasteiger partial charge in [-0.15, -0.1) is 24.8 Å². The third kappa shape index (κ3) is 6.09. The Balaban J connectivity index is 0.00000264. The molecule has 0 spiro atoms. The van der Waals surface area contributed by atoms with Crippen molar-refractivity contribution in [2.24, 2.45) is 11.7 Å². The van der Waals surface area contributed by atoms with E-state index < -0.39 is 5.54 Å². The Labute approximate surface area is 159 Å². The molecule has 1 aromatic heterocycles. The van der Waals surface area contributed by atoms with E-state index in [2.05, 4.69) is 10.3 Å². The van der Waals surface area contributed by atoms with Crippen LogP contribution in [-0.2, 0) is 9.59 Å². The number of pyridine rings is 1. The molecule has 2 heterocycles. The average Bonchev–Trinajstić information content (AvgIpc) is 2.48. The van der Waals surface area contributed by atoms with Crippen LogP contribution in [0.4, 0.5) is 5.82 Å². The van der Waals surface area contributed by atoms with Gasteiger partial charge < -0.3 is 16.0 Å². The molecule has 1 saturated heterocycles. The van der Waals surface area contributed by atoms with E-state index in [0.29, 0.717) is 23.9 Å². The second-order valence-corrected chi connectivity index (χ2v) is 6.60. The smallest absolute Gasteiger partial charge is 0.242 e. The lowest BCUT2D eigenvalue weighted by Gasteiger charge is -2.35. The molecule has 0 aliphatic carbocycles. The van der Waals surface area contributed by atoms with Crippen LogP contribution in [0.1, 0.15) is 26.7 Å². The predicted octanol–water partition coefficient (Wildman–Crippen LogP) is 2.49. The lowest BCUT2D eigenvalue weighted by Crippen LogP contribution is -2.54. The van der Waals surface area contributed by atoms with Crippen molar-refractivity contribution in [2.75, 3.05) is 18.4 Å². The number of carbonyl (C=O) groups is 2. The van der Waals surface area contributed by atoms with Gasteiger partial charge in [0, 0.05) is 19.3 Å². The SMILES string of the molecule is CC(C)(N)C(=O)N1CCCC(C(=O)Nc2ccc(Cl)cn2)C1.Cl.Cl. The van der Waals surface area contributed by atoms with Crippen LogP contribution in [0.2, 0.25) is 5.02 Å². The van der Waals surface area contributed by atoms with Crippen molar-refractivity contribution >= 4 is 54.0 Å². The van der Waals surface area contributed by atoms with Gasteiger partial charge in [-0.05, 0) is 38.8 Å². The van der Waals surface area contributed by atoms with E-state index in [-0.39, 0.29) is 42.5 Å². The molecule has 24 heavy (non-hydrogen) atoms. The molecule has 136 valence electrons. The lowest BCUT2D eigenvalue weighted by molar-refractivity contribution is -0.138. The first-order valence-corrected chi connectivity index (χ1v) is 7.66. The first-order chi connectivity index (χ1) is 10.3. The predicted molar refractivity (Wildman–Crippen MR) is 99.9 cm³/mol. The van der Waals surface area contributed by atoms with E-state index >= 15 is 0 Å². The number of hydrogen-bond donors (Lipinski definition) is 2. The van der Waals surface area contributed by atoms with Gasteiger partial charge in [0.25, 0.3) is 0 Å². The van der Waals surface area contributed by atoms with Crippen LogP contribution in [0.5, 0.6) is 0 Å². The maximum absolute atomic E-state index is 12.3. The molecular weight excluding hydrogens is 375 g/mol. The quantitative estimate of drug-likeness (QED) is 0.820. The Morgan fingerprint density at radius 3 is 2.58 bits per heavy atom. The highest BCUT2D eigenvalue weighted by atomic mass is 35.5. The van der Waals surface area contributed by atoms with E-state index in [0.717, 1.165) is 12.8 Å². The van der Waals surface area contributed by atoms with Gasteiger partial charge in [-0.3, -0.25) is 9.59 Å². The van der Waals surface area contributed by atoms with Crippen LogP contribution in [0.15, 0.2) is 18.3 Å². The van der Waals surface area contributed by atoms with Crippen molar-refractivity contribution in [1.82, 2.24) is 9.88 Å². The van der Waals surface area contributed by atoms with Crippen LogP contribution < -0.4 is 11.1 Å². The van der Waals surface area contributed by atoms with E-state index in [1.165, 1.54) is 6.20 Å². The van der Waals surface area contributed by atoms with Crippen molar-refractivity contribution < 1.29 is 9.59 Å². The molecule has 2 rings (SSSR count). The Morgan fingerprint density at radius 1 is 1.38 bits per heavy atom. The van der Waals surface area contributed by atoms with Crippen LogP contribution in [0.3, 0.4) is 0 Å². The molecule has 0 saturated carbocycles. The molecule has 1 aromatic rings. The number of nitrogens with zero attached hydrogens (tertiary/aromatic N) is 2. The summed E-state index contributed by atoms with van der Waals surface area (Å²) < 4.78 is 0. The fraction of sp³-hybridized carbons (Fsp3) is 0.533. The summed E-state index contributed by atoms with van der Waals surface area (Å²) in [6.07, 6.45) is 3.01. The number of nitrogens with one attached hydrogen (secondary N) is 1. The maximum Gasteiger partial charge on any atom is 0.242 e. The highest BCUT2D eigenvalue weighted by Crippen LogP contribution is 2.20. The first-order valence-electron chi connectivity index (χ1n) is 7.28. The fourth-order valence-electron chi connectivity index (χ4n) is 2.46.